The smallest absolute Gasteiger partial charge is 0.275 e. The molecular weight excluding hydrogens is 312 g/mol. The van der Waals surface area contributed by atoms with E-state index >= 15 is 0 Å². The number of aromatic nitrogens is 1. The lowest BCUT2D eigenvalue weighted by Gasteiger charge is -2.34. The van der Waals surface area contributed by atoms with Crippen molar-refractivity contribution in [2.75, 3.05) is 59.0 Å². The zero-order valence-electron chi connectivity index (χ0n) is 14.2. The highest BCUT2D eigenvalue weighted by atomic mass is 16.5. The second-order valence-electron chi connectivity index (χ2n) is 6.46. The molecule has 3 rings (SSSR count). The topological polar surface area (TPSA) is 82.3 Å². The maximum atomic E-state index is 12.4. The van der Waals surface area contributed by atoms with Gasteiger partial charge in [-0.15, -0.1) is 0 Å². The molecule has 0 aliphatic carbocycles. The van der Waals surface area contributed by atoms with Gasteiger partial charge in [0.25, 0.3) is 5.91 Å². The monoisotopic (exact) mass is 338 g/mol. The minimum atomic E-state index is -0.294. The van der Waals surface area contributed by atoms with Crippen LogP contribution in [0.4, 0.5) is 0 Å². The van der Waals surface area contributed by atoms with Gasteiger partial charge in [0.15, 0.2) is 5.69 Å². The van der Waals surface area contributed by atoms with Crippen LogP contribution in [0, 0.1) is 0 Å². The molecule has 1 N–H and O–H groups in total. The van der Waals surface area contributed by atoms with E-state index in [-0.39, 0.29) is 12.0 Å². The number of oxazole rings is 1. The highest BCUT2D eigenvalue weighted by Crippen LogP contribution is 2.11. The number of β-amino-alcohol motifs (C(OH)–C–C–N with tert-alkyl or cyclic N) is 1. The van der Waals surface area contributed by atoms with Crippen LogP contribution in [0.3, 0.4) is 0 Å². The average Bonchev–Trinajstić information content (AvgIpc) is 3.05. The lowest BCUT2D eigenvalue weighted by molar-refractivity contribution is 0.0299. The summed E-state index contributed by atoms with van der Waals surface area (Å²) in [6.07, 6.45) is 1.16. The van der Waals surface area contributed by atoms with Crippen LogP contribution in [0.2, 0.25) is 0 Å². The van der Waals surface area contributed by atoms with Crippen LogP contribution in [0.25, 0.3) is 0 Å². The van der Waals surface area contributed by atoms with Crippen LogP contribution in [-0.2, 0) is 11.3 Å². The number of piperazine rings is 1. The fourth-order valence-corrected chi connectivity index (χ4v) is 3.11. The molecule has 2 saturated heterocycles. The fraction of sp³-hybridized carbons (Fsp3) is 0.750. The summed E-state index contributed by atoms with van der Waals surface area (Å²) in [6.45, 7) is 9.15. The summed E-state index contributed by atoms with van der Waals surface area (Å²) in [6, 6.07) is 0. The lowest BCUT2D eigenvalue weighted by Crippen LogP contribution is -2.47. The molecule has 24 heavy (non-hydrogen) atoms. The van der Waals surface area contributed by atoms with E-state index in [4.69, 9.17) is 9.15 Å². The molecule has 1 amide bonds. The molecule has 8 heteroatoms. The normalized spacial score (nSPS) is 21.8. The van der Waals surface area contributed by atoms with E-state index in [0.29, 0.717) is 51.0 Å². The van der Waals surface area contributed by atoms with Crippen molar-refractivity contribution < 1.29 is 19.1 Å². The second kappa shape index (κ2) is 8.06. The van der Waals surface area contributed by atoms with Gasteiger partial charge in [0.1, 0.15) is 6.26 Å². The van der Waals surface area contributed by atoms with Crippen molar-refractivity contribution in [2.45, 2.75) is 19.6 Å². The van der Waals surface area contributed by atoms with Crippen LogP contribution in [0.15, 0.2) is 10.7 Å². The van der Waals surface area contributed by atoms with Crippen LogP contribution >= 0.6 is 0 Å². The van der Waals surface area contributed by atoms with Gasteiger partial charge in [0, 0.05) is 45.8 Å². The molecule has 0 saturated carbocycles. The molecular formula is C16H26N4O4. The maximum absolute atomic E-state index is 12.4. The third kappa shape index (κ3) is 4.54. The first kappa shape index (κ1) is 17.3. The molecule has 3 heterocycles. The molecule has 1 aromatic rings. The average molecular weight is 338 g/mol. The molecule has 0 spiro atoms. The van der Waals surface area contributed by atoms with Gasteiger partial charge in [-0.05, 0) is 6.92 Å². The molecule has 0 aromatic carbocycles. The van der Waals surface area contributed by atoms with Gasteiger partial charge in [0.05, 0.1) is 25.9 Å². The minimum absolute atomic E-state index is 0.0879. The number of rotatable bonds is 5. The number of hydrogen-bond acceptors (Lipinski definition) is 7. The highest BCUT2D eigenvalue weighted by molar-refractivity contribution is 5.92. The number of carbonyl (C=O) groups excluding carboxylic acids is 1. The molecule has 1 unspecified atom stereocenters. The van der Waals surface area contributed by atoms with Crippen molar-refractivity contribution >= 4 is 5.91 Å². The summed E-state index contributed by atoms with van der Waals surface area (Å²) < 4.78 is 10.7. The number of aliphatic hydroxyl groups excluding tert-OH is 1. The quantitative estimate of drug-likeness (QED) is 0.785. The fourth-order valence-electron chi connectivity index (χ4n) is 3.11. The maximum Gasteiger partial charge on any atom is 0.275 e. The van der Waals surface area contributed by atoms with Crippen LogP contribution in [-0.4, -0.2) is 95.8 Å². The first-order valence-corrected chi connectivity index (χ1v) is 8.56. The van der Waals surface area contributed by atoms with Crippen molar-refractivity contribution in [3.63, 3.8) is 0 Å². The van der Waals surface area contributed by atoms with E-state index in [1.165, 1.54) is 6.26 Å². The Hall–Kier alpha value is -1.48. The molecule has 2 aliphatic heterocycles. The van der Waals surface area contributed by atoms with Crippen LogP contribution < -0.4 is 0 Å². The molecule has 1 aromatic heterocycles. The molecule has 0 radical (unpaired) electrons. The van der Waals surface area contributed by atoms with Crippen molar-refractivity contribution in [3.8, 4) is 0 Å². The first-order chi connectivity index (χ1) is 11.6. The van der Waals surface area contributed by atoms with Gasteiger partial charge in [-0.1, -0.05) is 0 Å². The molecule has 134 valence electrons. The van der Waals surface area contributed by atoms with E-state index in [1.807, 2.05) is 6.92 Å². The summed E-state index contributed by atoms with van der Waals surface area (Å²) in [5, 5.41) is 9.44. The number of ether oxygens (including phenoxy) is 1. The van der Waals surface area contributed by atoms with Gasteiger partial charge in [-0.2, -0.15) is 0 Å². The summed E-state index contributed by atoms with van der Waals surface area (Å²) in [5.74, 6) is 0.491. The third-order valence-corrected chi connectivity index (χ3v) is 4.42. The van der Waals surface area contributed by atoms with Gasteiger partial charge >= 0.3 is 0 Å². The van der Waals surface area contributed by atoms with Crippen molar-refractivity contribution in [1.82, 2.24) is 19.7 Å². The number of hydrogen-bond donors (Lipinski definition) is 1. The first-order valence-electron chi connectivity index (χ1n) is 8.56. The Morgan fingerprint density at radius 3 is 2.54 bits per heavy atom. The molecule has 2 aliphatic rings. The van der Waals surface area contributed by atoms with Gasteiger partial charge in [-0.3, -0.25) is 14.6 Å². The van der Waals surface area contributed by atoms with E-state index < -0.39 is 0 Å². The Morgan fingerprint density at radius 1 is 1.21 bits per heavy atom. The number of carbonyl (C=O) groups is 1. The number of nitrogens with zero attached hydrogens (tertiary/aromatic N) is 4. The highest BCUT2D eigenvalue weighted by Gasteiger charge is 2.23. The largest absolute Gasteiger partial charge is 0.447 e. The van der Waals surface area contributed by atoms with Crippen LogP contribution in [0.1, 0.15) is 23.3 Å². The zero-order valence-corrected chi connectivity index (χ0v) is 14.2. The Bertz CT molecular complexity index is 534. The van der Waals surface area contributed by atoms with Crippen molar-refractivity contribution in [1.29, 1.82) is 0 Å². The van der Waals surface area contributed by atoms with E-state index in [1.54, 1.807) is 4.90 Å². The Kier molecular flexibility index (Phi) is 5.83. The molecule has 2 fully saturated rings. The third-order valence-electron chi connectivity index (χ3n) is 4.42. The van der Waals surface area contributed by atoms with E-state index in [2.05, 4.69) is 14.8 Å². The van der Waals surface area contributed by atoms with Crippen LogP contribution in [0.5, 0.6) is 0 Å². The molecule has 1 atom stereocenters. The molecule has 8 nitrogen and oxygen atoms in total. The zero-order chi connectivity index (χ0) is 16.9. The summed E-state index contributed by atoms with van der Waals surface area (Å²) >= 11 is 0. The minimum Gasteiger partial charge on any atom is -0.447 e. The predicted molar refractivity (Wildman–Crippen MR) is 86.6 cm³/mol. The summed E-state index contributed by atoms with van der Waals surface area (Å²) in [4.78, 5) is 23.0. The SMILES string of the molecule is CC(O)CN1CCN(Cc2nc(C(=O)N3CCOCC3)co2)CC1. The Balaban J connectivity index is 1.48. The van der Waals surface area contributed by atoms with Gasteiger partial charge < -0.3 is 19.2 Å². The van der Waals surface area contributed by atoms with Crippen molar-refractivity contribution in [2.24, 2.45) is 0 Å². The van der Waals surface area contributed by atoms with Gasteiger partial charge in [0.2, 0.25) is 5.89 Å². The number of aliphatic hydroxyl groups is 1. The Labute approximate surface area is 142 Å². The lowest BCUT2D eigenvalue weighted by atomic mass is 10.3. The summed E-state index contributed by atoms with van der Waals surface area (Å²) in [5.41, 5.74) is 0.375. The van der Waals surface area contributed by atoms with Gasteiger partial charge in [-0.25, -0.2) is 4.98 Å². The van der Waals surface area contributed by atoms with E-state index in [9.17, 15) is 9.90 Å². The molecule has 0 bridgehead atoms. The standard InChI is InChI=1S/C16H26N4O4/c1-13(21)10-18-2-4-19(5-3-18)11-15-17-14(12-24-15)16(22)20-6-8-23-9-7-20/h12-13,21H,2-11H2,1H3. The Morgan fingerprint density at radius 2 is 1.88 bits per heavy atom. The second-order valence-corrected chi connectivity index (χ2v) is 6.46. The van der Waals surface area contributed by atoms with E-state index in [0.717, 1.165) is 26.2 Å². The number of amides is 1. The summed E-state index contributed by atoms with van der Waals surface area (Å²) in [7, 11) is 0. The van der Waals surface area contributed by atoms with Crippen molar-refractivity contribution in [3.05, 3.63) is 17.8 Å². The number of morpholine rings is 1. The predicted octanol–water partition coefficient (Wildman–Crippen LogP) is -0.355.